The van der Waals surface area contributed by atoms with E-state index in [4.69, 9.17) is 21.3 Å². The van der Waals surface area contributed by atoms with E-state index in [2.05, 4.69) is 36.1 Å². The van der Waals surface area contributed by atoms with E-state index in [0.29, 0.717) is 41.1 Å². The van der Waals surface area contributed by atoms with Gasteiger partial charge in [0.05, 0.1) is 13.2 Å². The van der Waals surface area contributed by atoms with Gasteiger partial charge in [-0.25, -0.2) is 9.67 Å². The average molecular weight is 372 g/mol. The van der Waals surface area contributed by atoms with E-state index in [0.717, 1.165) is 11.4 Å². The molecule has 1 aliphatic rings. The van der Waals surface area contributed by atoms with Gasteiger partial charge in [-0.3, -0.25) is 0 Å². The van der Waals surface area contributed by atoms with Crippen LogP contribution in [0, 0.1) is 5.92 Å². The molecule has 3 aromatic rings. The third-order valence-corrected chi connectivity index (χ3v) is 4.80. The number of aromatic nitrogens is 5. The monoisotopic (exact) mass is 371 g/mol. The van der Waals surface area contributed by atoms with Crippen LogP contribution in [0.5, 0.6) is 5.88 Å². The molecule has 1 fully saturated rings. The van der Waals surface area contributed by atoms with Crippen molar-refractivity contribution in [3.63, 3.8) is 0 Å². The van der Waals surface area contributed by atoms with E-state index < -0.39 is 0 Å². The number of ether oxygens (including phenoxy) is 1. The fraction of sp³-hybridized carbons (Fsp3) is 0.474. The Morgan fingerprint density at radius 1 is 1.19 bits per heavy atom. The molecule has 7 heteroatoms. The van der Waals surface area contributed by atoms with E-state index in [1.807, 2.05) is 24.3 Å². The Morgan fingerprint density at radius 2 is 1.96 bits per heavy atom. The summed E-state index contributed by atoms with van der Waals surface area (Å²) in [7, 11) is 0. The van der Waals surface area contributed by atoms with Crippen molar-refractivity contribution < 1.29 is 4.74 Å². The van der Waals surface area contributed by atoms with E-state index in [1.54, 1.807) is 4.68 Å². The minimum absolute atomic E-state index is 0.203. The molecule has 0 bridgehead atoms. The highest BCUT2D eigenvalue weighted by Gasteiger charge is 2.26. The quantitative estimate of drug-likeness (QED) is 0.678. The molecule has 2 aromatic heterocycles. The number of hydrogen-bond donors (Lipinski definition) is 0. The Labute approximate surface area is 157 Å². The summed E-state index contributed by atoms with van der Waals surface area (Å²) in [5.41, 5.74) is 2.05. The molecule has 0 saturated heterocycles. The maximum Gasteiger partial charge on any atom is 0.247 e. The predicted octanol–water partition coefficient (Wildman–Crippen LogP) is 4.01. The van der Waals surface area contributed by atoms with Crippen LogP contribution in [0.1, 0.15) is 45.0 Å². The molecule has 1 aromatic carbocycles. The molecule has 1 saturated carbocycles. The summed E-state index contributed by atoms with van der Waals surface area (Å²) in [5.74, 6) is 1.88. The number of halogens is 1. The maximum absolute atomic E-state index is 6.30. The number of hydrogen-bond acceptors (Lipinski definition) is 5. The molecule has 6 nitrogen and oxygen atoms in total. The average Bonchev–Trinajstić information content (AvgIpc) is 3.34. The second-order valence-corrected chi connectivity index (χ2v) is 8.27. The van der Waals surface area contributed by atoms with Crippen molar-refractivity contribution in [3.05, 3.63) is 40.7 Å². The highest BCUT2D eigenvalue weighted by molar-refractivity contribution is 6.31. The lowest BCUT2D eigenvalue weighted by Crippen LogP contribution is -2.18. The molecule has 0 unspecified atom stereocenters. The Kier molecular flexibility index (Phi) is 4.31. The van der Waals surface area contributed by atoms with Crippen LogP contribution in [0.15, 0.2) is 24.3 Å². The molecule has 0 N–H and O–H groups in total. The molecular weight excluding hydrogens is 350 g/mol. The van der Waals surface area contributed by atoms with Gasteiger partial charge in [-0.2, -0.15) is 4.98 Å². The number of rotatable bonds is 5. The van der Waals surface area contributed by atoms with Crippen LogP contribution in [-0.2, 0) is 12.0 Å². The van der Waals surface area contributed by atoms with Gasteiger partial charge in [-0.1, -0.05) is 55.8 Å². The van der Waals surface area contributed by atoms with Crippen LogP contribution in [0.3, 0.4) is 0 Å². The van der Waals surface area contributed by atoms with Gasteiger partial charge < -0.3 is 4.74 Å². The molecule has 0 amide bonds. The highest BCUT2D eigenvalue weighted by atomic mass is 35.5. The van der Waals surface area contributed by atoms with Gasteiger partial charge in [-0.05, 0) is 30.4 Å². The summed E-state index contributed by atoms with van der Waals surface area (Å²) in [6.07, 6.45) is 2.44. The summed E-state index contributed by atoms with van der Waals surface area (Å²) >= 11 is 6.30. The Bertz CT molecular complexity index is 943. The molecule has 0 radical (unpaired) electrons. The van der Waals surface area contributed by atoms with Gasteiger partial charge in [0.1, 0.15) is 5.82 Å². The first-order valence-corrected chi connectivity index (χ1v) is 9.27. The van der Waals surface area contributed by atoms with Crippen molar-refractivity contribution in [2.24, 2.45) is 5.92 Å². The molecule has 1 aliphatic carbocycles. The zero-order chi connectivity index (χ0) is 18.3. The molecule has 4 rings (SSSR count). The highest BCUT2D eigenvalue weighted by Crippen LogP contribution is 2.31. The minimum Gasteiger partial charge on any atom is -0.476 e. The van der Waals surface area contributed by atoms with Crippen molar-refractivity contribution in [3.8, 4) is 5.88 Å². The van der Waals surface area contributed by atoms with Crippen LogP contribution in [0.25, 0.3) is 11.2 Å². The van der Waals surface area contributed by atoms with E-state index in [9.17, 15) is 0 Å². The van der Waals surface area contributed by atoms with E-state index in [-0.39, 0.29) is 5.41 Å². The van der Waals surface area contributed by atoms with Crippen molar-refractivity contribution >= 4 is 22.8 Å². The zero-order valence-electron chi connectivity index (χ0n) is 15.2. The van der Waals surface area contributed by atoms with Gasteiger partial charge in [-0.15, -0.1) is 5.10 Å². The molecule has 26 heavy (non-hydrogen) atoms. The topological polar surface area (TPSA) is 65.7 Å². The summed E-state index contributed by atoms with van der Waals surface area (Å²) in [4.78, 5) is 9.37. The summed E-state index contributed by atoms with van der Waals surface area (Å²) in [6.45, 7) is 7.43. The van der Waals surface area contributed by atoms with Gasteiger partial charge in [0, 0.05) is 10.4 Å². The Hall–Kier alpha value is -2.21. The molecule has 0 spiro atoms. The van der Waals surface area contributed by atoms with Crippen molar-refractivity contribution in [2.75, 3.05) is 6.61 Å². The molecule has 2 heterocycles. The predicted molar refractivity (Wildman–Crippen MR) is 101 cm³/mol. The second-order valence-electron chi connectivity index (χ2n) is 7.87. The van der Waals surface area contributed by atoms with Crippen LogP contribution < -0.4 is 4.74 Å². The van der Waals surface area contributed by atoms with Crippen molar-refractivity contribution in [1.29, 1.82) is 0 Å². The van der Waals surface area contributed by atoms with Crippen molar-refractivity contribution in [2.45, 2.75) is 45.6 Å². The summed E-state index contributed by atoms with van der Waals surface area (Å²) < 4.78 is 7.73. The van der Waals surface area contributed by atoms with Crippen LogP contribution in [-0.4, -0.2) is 31.6 Å². The maximum atomic E-state index is 6.30. The van der Waals surface area contributed by atoms with Crippen LogP contribution in [0.4, 0.5) is 0 Å². The first-order chi connectivity index (χ1) is 12.4. The second kappa shape index (κ2) is 6.50. The van der Waals surface area contributed by atoms with E-state index in [1.165, 1.54) is 12.8 Å². The van der Waals surface area contributed by atoms with Gasteiger partial charge in [0.15, 0.2) is 11.2 Å². The Balaban J connectivity index is 1.76. The molecular formula is C19H22ClN5O. The van der Waals surface area contributed by atoms with E-state index >= 15 is 0 Å². The molecule has 0 atom stereocenters. The third kappa shape index (κ3) is 3.51. The summed E-state index contributed by atoms with van der Waals surface area (Å²) in [6, 6.07) is 7.72. The number of nitrogens with zero attached hydrogens (tertiary/aromatic N) is 5. The minimum atomic E-state index is -0.203. The fourth-order valence-electron chi connectivity index (χ4n) is 2.64. The van der Waals surface area contributed by atoms with Crippen LogP contribution >= 0.6 is 11.6 Å². The fourth-order valence-corrected chi connectivity index (χ4v) is 2.84. The van der Waals surface area contributed by atoms with Crippen molar-refractivity contribution in [1.82, 2.24) is 25.0 Å². The van der Waals surface area contributed by atoms with Gasteiger partial charge in [0.25, 0.3) is 0 Å². The zero-order valence-corrected chi connectivity index (χ0v) is 16.0. The number of benzene rings is 1. The lowest BCUT2D eigenvalue weighted by atomic mass is 9.96. The first kappa shape index (κ1) is 17.2. The first-order valence-electron chi connectivity index (χ1n) is 8.90. The summed E-state index contributed by atoms with van der Waals surface area (Å²) in [5, 5.41) is 9.27. The Morgan fingerprint density at radius 3 is 2.65 bits per heavy atom. The van der Waals surface area contributed by atoms with Gasteiger partial charge >= 0.3 is 0 Å². The third-order valence-electron chi connectivity index (χ3n) is 4.43. The molecule has 0 aliphatic heterocycles. The number of fused-ring (bicyclic) bond motifs is 1. The van der Waals surface area contributed by atoms with Gasteiger partial charge in [0.2, 0.25) is 5.88 Å². The lowest BCUT2D eigenvalue weighted by Gasteiger charge is -2.17. The standard InChI is InChI=1S/C19H22ClN5O/c1-19(2,3)18-21-16-15(17(22-18)26-11-12-8-9-12)23-24-25(16)10-13-6-4-5-7-14(13)20/h4-7,12H,8-11H2,1-3H3. The van der Waals surface area contributed by atoms with Crippen LogP contribution in [0.2, 0.25) is 5.02 Å². The SMILES string of the molecule is CC(C)(C)c1nc(OCC2CC2)c2nnn(Cc3ccccc3Cl)c2n1. The largest absolute Gasteiger partial charge is 0.476 e. The lowest BCUT2D eigenvalue weighted by molar-refractivity contribution is 0.288. The molecule has 136 valence electrons. The smallest absolute Gasteiger partial charge is 0.247 e. The normalized spacial score (nSPS) is 14.8.